The maximum Gasteiger partial charge on any atom is 0.332 e. The SMILES string of the molecule is CCCn1c(=O)c2[nH]c(Cc3ncccn3)nc2n(CCc2cccc(N)c2)c1=O. The molecule has 3 N–H and O–H groups in total. The second-order valence-corrected chi connectivity index (χ2v) is 7.11. The number of hydrogen-bond donors (Lipinski definition) is 2. The molecule has 9 nitrogen and oxygen atoms in total. The molecule has 0 radical (unpaired) electrons. The molecule has 0 saturated heterocycles. The van der Waals surface area contributed by atoms with Crippen LogP contribution in [0.25, 0.3) is 11.2 Å². The van der Waals surface area contributed by atoms with E-state index in [-0.39, 0.29) is 11.2 Å². The largest absolute Gasteiger partial charge is 0.399 e. The van der Waals surface area contributed by atoms with Crippen molar-refractivity contribution >= 4 is 16.9 Å². The van der Waals surface area contributed by atoms with Gasteiger partial charge in [-0.2, -0.15) is 0 Å². The van der Waals surface area contributed by atoms with Crippen LogP contribution in [0.1, 0.15) is 30.6 Å². The number of aryl methyl sites for hydroxylation is 2. The Balaban J connectivity index is 1.78. The van der Waals surface area contributed by atoms with E-state index in [4.69, 9.17) is 5.73 Å². The summed E-state index contributed by atoms with van der Waals surface area (Å²) >= 11 is 0. The number of benzene rings is 1. The quantitative estimate of drug-likeness (QED) is 0.449. The summed E-state index contributed by atoms with van der Waals surface area (Å²) in [6.45, 7) is 2.66. The van der Waals surface area contributed by atoms with E-state index in [9.17, 15) is 9.59 Å². The Morgan fingerprint density at radius 2 is 1.87 bits per heavy atom. The van der Waals surface area contributed by atoms with Gasteiger partial charge in [0, 0.05) is 31.2 Å². The van der Waals surface area contributed by atoms with Crippen LogP contribution in [0.5, 0.6) is 0 Å². The second kappa shape index (κ2) is 8.32. The van der Waals surface area contributed by atoms with Gasteiger partial charge in [0.25, 0.3) is 5.56 Å². The number of H-pyrrole nitrogens is 1. The van der Waals surface area contributed by atoms with Gasteiger partial charge in [0.15, 0.2) is 5.65 Å². The predicted molar refractivity (Wildman–Crippen MR) is 114 cm³/mol. The van der Waals surface area contributed by atoms with Crippen LogP contribution in [-0.4, -0.2) is 29.1 Å². The Morgan fingerprint density at radius 1 is 1.07 bits per heavy atom. The van der Waals surface area contributed by atoms with E-state index in [1.54, 1.807) is 23.0 Å². The summed E-state index contributed by atoms with van der Waals surface area (Å²) in [5.74, 6) is 1.12. The number of hydrogen-bond acceptors (Lipinski definition) is 6. The third kappa shape index (κ3) is 3.86. The first-order chi connectivity index (χ1) is 14.6. The first-order valence-electron chi connectivity index (χ1n) is 9.89. The fraction of sp³-hybridized carbons (Fsp3) is 0.286. The summed E-state index contributed by atoms with van der Waals surface area (Å²) in [4.78, 5) is 42.0. The summed E-state index contributed by atoms with van der Waals surface area (Å²) in [7, 11) is 0. The highest BCUT2D eigenvalue weighted by molar-refractivity contribution is 5.70. The molecule has 4 rings (SSSR count). The number of aromatic amines is 1. The number of anilines is 1. The smallest absolute Gasteiger partial charge is 0.332 e. The molecule has 4 aromatic rings. The number of fused-ring (bicyclic) bond motifs is 1. The zero-order valence-electron chi connectivity index (χ0n) is 16.7. The Kier molecular flexibility index (Phi) is 5.42. The first-order valence-corrected chi connectivity index (χ1v) is 9.89. The van der Waals surface area contributed by atoms with Gasteiger partial charge in [-0.3, -0.25) is 13.9 Å². The fourth-order valence-electron chi connectivity index (χ4n) is 3.48. The summed E-state index contributed by atoms with van der Waals surface area (Å²) in [5.41, 5.74) is 7.51. The molecular weight excluding hydrogens is 382 g/mol. The first kappa shape index (κ1) is 19.6. The Labute approximate surface area is 172 Å². The standard InChI is InChI=1S/C21H23N7O2/c1-2-10-28-20(29)18-19(26-17(25-18)13-16-23-8-4-9-24-16)27(21(28)30)11-7-14-5-3-6-15(22)12-14/h3-6,8-9,12H,2,7,10-11,13,22H2,1H3,(H,25,26). The Bertz CT molecular complexity index is 1290. The van der Waals surface area contributed by atoms with Gasteiger partial charge in [0.2, 0.25) is 0 Å². The van der Waals surface area contributed by atoms with Crippen LogP contribution in [0.15, 0.2) is 52.3 Å². The van der Waals surface area contributed by atoms with Crippen molar-refractivity contribution in [2.24, 2.45) is 0 Å². The monoisotopic (exact) mass is 405 g/mol. The molecule has 0 spiro atoms. The minimum Gasteiger partial charge on any atom is -0.399 e. The van der Waals surface area contributed by atoms with E-state index < -0.39 is 0 Å². The molecule has 3 aromatic heterocycles. The van der Waals surface area contributed by atoms with Gasteiger partial charge in [-0.15, -0.1) is 0 Å². The van der Waals surface area contributed by atoms with Crippen molar-refractivity contribution in [3.05, 3.63) is 80.8 Å². The molecule has 1 aromatic carbocycles. The molecule has 0 aliphatic heterocycles. The van der Waals surface area contributed by atoms with Gasteiger partial charge in [0.05, 0.1) is 6.42 Å². The molecule has 0 unspecified atom stereocenters. The number of nitrogens with zero attached hydrogens (tertiary/aromatic N) is 5. The summed E-state index contributed by atoms with van der Waals surface area (Å²) < 4.78 is 2.82. The lowest BCUT2D eigenvalue weighted by molar-refractivity contribution is 0.559. The Hall–Kier alpha value is -3.75. The van der Waals surface area contributed by atoms with E-state index >= 15 is 0 Å². The van der Waals surface area contributed by atoms with Gasteiger partial charge in [-0.05, 0) is 36.6 Å². The van der Waals surface area contributed by atoms with Crippen LogP contribution in [0.3, 0.4) is 0 Å². The van der Waals surface area contributed by atoms with E-state index in [0.717, 1.165) is 5.56 Å². The Morgan fingerprint density at radius 3 is 2.60 bits per heavy atom. The average molecular weight is 405 g/mol. The maximum atomic E-state index is 13.1. The van der Waals surface area contributed by atoms with Crippen molar-refractivity contribution in [2.45, 2.75) is 39.3 Å². The third-order valence-electron chi connectivity index (χ3n) is 4.88. The van der Waals surface area contributed by atoms with Crippen molar-refractivity contribution in [1.82, 2.24) is 29.1 Å². The lowest BCUT2D eigenvalue weighted by atomic mass is 10.1. The molecule has 0 atom stereocenters. The van der Waals surface area contributed by atoms with Gasteiger partial charge in [-0.25, -0.2) is 19.7 Å². The lowest BCUT2D eigenvalue weighted by Crippen LogP contribution is -2.40. The van der Waals surface area contributed by atoms with Crippen molar-refractivity contribution in [2.75, 3.05) is 5.73 Å². The number of rotatable bonds is 7. The number of imidazole rings is 1. The predicted octanol–water partition coefficient (Wildman–Crippen LogP) is 1.50. The average Bonchev–Trinajstić information content (AvgIpc) is 3.15. The molecular formula is C21H23N7O2. The highest BCUT2D eigenvalue weighted by Gasteiger charge is 2.17. The molecule has 3 heterocycles. The number of nitrogen functional groups attached to an aromatic ring is 1. The molecule has 0 fully saturated rings. The highest BCUT2D eigenvalue weighted by atomic mass is 16.2. The molecule has 0 amide bonds. The van der Waals surface area contributed by atoms with E-state index in [1.807, 2.05) is 31.2 Å². The lowest BCUT2D eigenvalue weighted by Gasteiger charge is -2.11. The second-order valence-electron chi connectivity index (χ2n) is 7.11. The zero-order chi connectivity index (χ0) is 21.1. The van der Waals surface area contributed by atoms with E-state index in [2.05, 4.69) is 19.9 Å². The normalized spacial score (nSPS) is 11.2. The van der Waals surface area contributed by atoms with Gasteiger partial charge in [0.1, 0.15) is 17.2 Å². The van der Waals surface area contributed by atoms with Crippen LogP contribution in [-0.2, 0) is 25.9 Å². The van der Waals surface area contributed by atoms with Gasteiger partial charge >= 0.3 is 5.69 Å². The van der Waals surface area contributed by atoms with Crippen LogP contribution in [0.2, 0.25) is 0 Å². The van der Waals surface area contributed by atoms with E-state index in [1.165, 1.54) is 4.57 Å². The third-order valence-corrected chi connectivity index (χ3v) is 4.88. The summed E-state index contributed by atoms with van der Waals surface area (Å²) in [6, 6.07) is 9.28. The van der Waals surface area contributed by atoms with Crippen molar-refractivity contribution < 1.29 is 0 Å². The molecule has 154 valence electrons. The maximum absolute atomic E-state index is 13.1. The van der Waals surface area contributed by atoms with E-state index in [0.29, 0.717) is 60.9 Å². The van der Waals surface area contributed by atoms with Gasteiger partial charge in [-0.1, -0.05) is 19.1 Å². The van der Waals surface area contributed by atoms with Gasteiger partial charge < -0.3 is 10.7 Å². The molecule has 0 saturated carbocycles. The number of aromatic nitrogens is 6. The van der Waals surface area contributed by atoms with Crippen molar-refractivity contribution in [3.8, 4) is 0 Å². The minimum atomic E-state index is -0.357. The summed E-state index contributed by atoms with van der Waals surface area (Å²) in [6.07, 6.45) is 4.91. The molecule has 0 aliphatic rings. The topological polar surface area (TPSA) is 124 Å². The van der Waals surface area contributed by atoms with Crippen LogP contribution < -0.4 is 17.0 Å². The molecule has 0 aliphatic carbocycles. The van der Waals surface area contributed by atoms with Crippen LogP contribution >= 0.6 is 0 Å². The molecule has 0 bridgehead atoms. The van der Waals surface area contributed by atoms with Crippen LogP contribution in [0.4, 0.5) is 5.69 Å². The number of nitrogens with one attached hydrogen (secondary N) is 1. The molecule has 9 heteroatoms. The zero-order valence-corrected chi connectivity index (χ0v) is 16.7. The highest BCUT2D eigenvalue weighted by Crippen LogP contribution is 2.11. The van der Waals surface area contributed by atoms with Crippen LogP contribution in [0, 0.1) is 0 Å². The van der Waals surface area contributed by atoms with Crippen molar-refractivity contribution in [1.29, 1.82) is 0 Å². The summed E-state index contributed by atoms with van der Waals surface area (Å²) in [5, 5.41) is 0. The number of nitrogens with two attached hydrogens (primary N) is 1. The molecule has 30 heavy (non-hydrogen) atoms. The van der Waals surface area contributed by atoms with Crippen molar-refractivity contribution in [3.63, 3.8) is 0 Å². The fourth-order valence-corrected chi connectivity index (χ4v) is 3.48. The minimum absolute atomic E-state index is 0.321.